The van der Waals surface area contributed by atoms with Gasteiger partial charge in [0.2, 0.25) is 0 Å². The standard InChI is InChI=1S/C14H27N3O3/c1-11(2)17(9-6-13(18)19)14(20)15-10-12(3)16-7-4-5-8-16/h11-12H,4-10H2,1-3H3,(H,15,20)(H,18,19). The first-order valence-corrected chi connectivity index (χ1v) is 7.42. The van der Waals surface area contributed by atoms with Crippen molar-refractivity contribution in [1.29, 1.82) is 0 Å². The number of nitrogens with zero attached hydrogens (tertiary/aromatic N) is 2. The van der Waals surface area contributed by atoms with Crippen LogP contribution in [0.5, 0.6) is 0 Å². The molecule has 1 fully saturated rings. The third-order valence-corrected chi connectivity index (χ3v) is 3.76. The van der Waals surface area contributed by atoms with Gasteiger partial charge in [-0.3, -0.25) is 9.69 Å². The topological polar surface area (TPSA) is 72.9 Å². The van der Waals surface area contributed by atoms with Crippen molar-refractivity contribution in [2.45, 2.75) is 52.1 Å². The van der Waals surface area contributed by atoms with Crippen molar-refractivity contribution in [3.8, 4) is 0 Å². The fraction of sp³-hybridized carbons (Fsp3) is 0.857. The van der Waals surface area contributed by atoms with Crippen LogP contribution < -0.4 is 5.32 Å². The minimum atomic E-state index is -0.881. The maximum atomic E-state index is 12.1. The molecule has 0 bridgehead atoms. The number of urea groups is 1. The van der Waals surface area contributed by atoms with Crippen LogP contribution in [0, 0.1) is 0 Å². The highest BCUT2D eigenvalue weighted by atomic mass is 16.4. The maximum absolute atomic E-state index is 12.1. The van der Waals surface area contributed by atoms with Crippen molar-refractivity contribution in [3.63, 3.8) is 0 Å². The number of carboxylic acids is 1. The van der Waals surface area contributed by atoms with Crippen LogP contribution in [0.2, 0.25) is 0 Å². The second-order valence-electron chi connectivity index (χ2n) is 5.71. The molecule has 0 aromatic carbocycles. The summed E-state index contributed by atoms with van der Waals surface area (Å²) in [6.45, 7) is 8.96. The Hall–Kier alpha value is -1.30. The normalized spacial score (nSPS) is 17.2. The number of hydrogen-bond donors (Lipinski definition) is 2. The molecule has 1 atom stereocenters. The first kappa shape index (κ1) is 16.8. The maximum Gasteiger partial charge on any atom is 0.317 e. The molecule has 2 amide bonds. The Morgan fingerprint density at radius 1 is 1.25 bits per heavy atom. The van der Waals surface area contributed by atoms with Gasteiger partial charge in [-0.25, -0.2) is 4.79 Å². The summed E-state index contributed by atoms with van der Waals surface area (Å²) >= 11 is 0. The van der Waals surface area contributed by atoms with Gasteiger partial charge in [-0.2, -0.15) is 0 Å². The van der Waals surface area contributed by atoms with E-state index in [1.165, 1.54) is 12.8 Å². The van der Waals surface area contributed by atoms with E-state index in [1.54, 1.807) is 4.90 Å². The molecule has 0 radical (unpaired) electrons. The first-order chi connectivity index (χ1) is 9.41. The molecular formula is C14H27N3O3. The zero-order chi connectivity index (χ0) is 15.1. The molecule has 0 aromatic heterocycles. The second kappa shape index (κ2) is 8.09. The summed E-state index contributed by atoms with van der Waals surface area (Å²) in [5.41, 5.74) is 0. The molecule has 1 unspecified atom stereocenters. The molecule has 1 heterocycles. The Morgan fingerprint density at radius 2 is 1.85 bits per heavy atom. The molecule has 6 heteroatoms. The van der Waals surface area contributed by atoms with Crippen molar-refractivity contribution in [1.82, 2.24) is 15.1 Å². The highest BCUT2D eigenvalue weighted by Crippen LogP contribution is 2.11. The Kier molecular flexibility index (Phi) is 6.78. The first-order valence-electron chi connectivity index (χ1n) is 7.42. The zero-order valence-electron chi connectivity index (χ0n) is 12.8. The van der Waals surface area contributed by atoms with E-state index >= 15 is 0 Å². The van der Waals surface area contributed by atoms with Crippen LogP contribution in [0.15, 0.2) is 0 Å². The smallest absolute Gasteiger partial charge is 0.317 e. The van der Waals surface area contributed by atoms with Crippen LogP contribution in [0.3, 0.4) is 0 Å². The van der Waals surface area contributed by atoms with E-state index in [0.29, 0.717) is 12.6 Å². The fourth-order valence-electron chi connectivity index (χ4n) is 2.46. The van der Waals surface area contributed by atoms with Crippen LogP contribution in [0.25, 0.3) is 0 Å². The molecular weight excluding hydrogens is 258 g/mol. The largest absolute Gasteiger partial charge is 0.481 e. The highest BCUT2D eigenvalue weighted by molar-refractivity contribution is 5.75. The summed E-state index contributed by atoms with van der Waals surface area (Å²) in [4.78, 5) is 26.7. The van der Waals surface area contributed by atoms with E-state index in [0.717, 1.165) is 13.1 Å². The number of nitrogens with one attached hydrogen (secondary N) is 1. The van der Waals surface area contributed by atoms with E-state index in [9.17, 15) is 9.59 Å². The number of carboxylic acid groups (broad SMARTS) is 1. The van der Waals surface area contributed by atoms with Gasteiger partial charge in [0.1, 0.15) is 0 Å². The van der Waals surface area contributed by atoms with Gasteiger partial charge >= 0.3 is 12.0 Å². The summed E-state index contributed by atoms with van der Waals surface area (Å²) in [6, 6.07) is 0.152. The summed E-state index contributed by atoms with van der Waals surface area (Å²) in [7, 11) is 0. The quantitative estimate of drug-likeness (QED) is 0.741. The van der Waals surface area contributed by atoms with Crippen LogP contribution >= 0.6 is 0 Å². The Morgan fingerprint density at radius 3 is 2.35 bits per heavy atom. The lowest BCUT2D eigenvalue weighted by atomic mass is 10.3. The lowest BCUT2D eigenvalue weighted by Crippen LogP contribution is -2.48. The molecule has 6 nitrogen and oxygen atoms in total. The van der Waals surface area contributed by atoms with Gasteiger partial charge in [-0.15, -0.1) is 0 Å². The molecule has 2 N–H and O–H groups in total. The van der Waals surface area contributed by atoms with Gasteiger partial charge in [0.25, 0.3) is 0 Å². The van der Waals surface area contributed by atoms with E-state index in [2.05, 4.69) is 17.1 Å². The summed E-state index contributed by atoms with van der Waals surface area (Å²) in [5, 5.41) is 11.6. The van der Waals surface area contributed by atoms with E-state index < -0.39 is 5.97 Å². The number of carbonyl (C=O) groups is 2. The van der Waals surface area contributed by atoms with Crippen LogP contribution in [0.4, 0.5) is 4.79 Å². The lowest BCUT2D eigenvalue weighted by molar-refractivity contribution is -0.137. The predicted molar refractivity (Wildman–Crippen MR) is 77.8 cm³/mol. The van der Waals surface area contributed by atoms with Gasteiger partial charge < -0.3 is 15.3 Å². The zero-order valence-corrected chi connectivity index (χ0v) is 12.8. The number of carbonyl (C=O) groups excluding carboxylic acids is 1. The Balaban J connectivity index is 2.38. The van der Waals surface area contributed by atoms with E-state index in [-0.39, 0.29) is 25.0 Å². The number of aliphatic carboxylic acids is 1. The summed E-state index contributed by atoms with van der Waals surface area (Å²) in [5.74, 6) is -0.881. The minimum Gasteiger partial charge on any atom is -0.481 e. The van der Waals surface area contributed by atoms with Gasteiger partial charge in [-0.05, 0) is 46.7 Å². The number of amides is 2. The number of likely N-dealkylation sites (tertiary alicyclic amines) is 1. The molecule has 20 heavy (non-hydrogen) atoms. The third kappa shape index (κ3) is 5.36. The van der Waals surface area contributed by atoms with Gasteiger partial charge in [-0.1, -0.05) is 0 Å². The Labute approximate surface area is 121 Å². The van der Waals surface area contributed by atoms with Crippen LogP contribution in [-0.4, -0.2) is 65.2 Å². The number of rotatable bonds is 7. The van der Waals surface area contributed by atoms with Crippen LogP contribution in [0.1, 0.15) is 40.0 Å². The van der Waals surface area contributed by atoms with Gasteiger partial charge in [0, 0.05) is 25.2 Å². The molecule has 1 aliphatic rings. The van der Waals surface area contributed by atoms with Gasteiger partial charge in [0.05, 0.1) is 6.42 Å². The van der Waals surface area contributed by atoms with Crippen molar-refractivity contribution in [3.05, 3.63) is 0 Å². The van der Waals surface area contributed by atoms with Crippen molar-refractivity contribution < 1.29 is 14.7 Å². The molecule has 116 valence electrons. The highest BCUT2D eigenvalue weighted by Gasteiger charge is 2.21. The van der Waals surface area contributed by atoms with Crippen molar-refractivity contribution >= 4 is 12.0 Å². The van der Waals surface area contributed by atoms with Crippen molar-refractivity contribution in [2.75, 3.05) is 26.2 Å². The lowest BCUT2D eigenvalue weighted by Gasteiger charge is -2.29. The molecule has 0 aliphatic carbocycles. The minimum absolute atomic E-state index is 0.00329. The monoisotopic (exact) mass is 285 g/mol. The average molecular weight is 285 g/mol. The summed E-state index contributed by atoms with van der Waals surface area (Å²) in [6.07, 6.45) is 2.44. The molecule has 1 aliphatic heterocycles. The molecule has 0 spiro atoms. The van der Waals surface area contributed by atoms with E-state index in [4.69, 9.17) is 5.11 Å². The SMILES string of the molecule is CC(CNC(=O)N(CCC(=O)O)C(C)C)N1CCCC1. The summed E-state index contributed by atoms with van der Waals surface area (Å²) < 4.78 is 0. The predicted octanol–water partition coefficient (Wildman–Crippen LogP) is 1.37. The van der Waals surface area contributed by atoms with Gasteiger partial charge in [0.15, 0.2) is 0 Å². The molecule has 0 saturated carbocycles. The fourth-order valence-corrected chi connectivity index (χ4v) is 2.46. The molecule has 1 rings (SSSR count). The van der Waals surface area contributed by atoms with Crippen LogP contribution in [-0.2, 0) is 4.79 Å². The number of hydrogen-bond acceptors (Lipinski definition) is 3. The Bertz CT molecular complexity index is 328. The average Bonchev–Trinajstić information content (AvgIpc) is 2.89. The second-order valence-corrected chi connectivity index (χ2v) is 5.71. The van der Waals surface area contributed by atoms with Crippen molar-refractivity contribution in [2.24, 2.45) is 0 Å². The molecule has 1 saturated heterocycles. The third-order valence-electron chi connectivity index (χ3n) is 3.76. The molecule has 0 aromatic rings. The van der Waals surface area contributed by atoms with E-state index in [1.807, 2.05) is 13.8 Å².